The Hall–Kier alpha value is -2.24. The van der Waals surface area contributed by atoms with E-state index in [4.69, 9.17) is 4.74 Å². The fourth-order valence-electron chi connectivity index (χ4n) is 3.51. The Balaban J connectivity index is 1.50. The van der Waals surface area contributed by atoms with Crippen LogP contribution in [0.15, 0.2) is 55.0 Å². The first kappa shape index (κ1) is 16.2. The largest absolute Gasteiger partial charge is 0.381 e. The van der Waals surface area contributed by atoms with E-state index in [0.29, 0.717) is 5.92 Å². The Bertz CT molecular complexity index is 763. The Morgan fingerprint density at radius 1 is 1.08 bits per heavy atom. The van der Waals surface area contributed by atoms with Crippen molar-refractivity contribution in [3.63, 3.8) is 0 Å². The summed E-state index contributed by atoms with van der Waals surface area (Å²) in [4.78, 5) is 11.5. The lowest BCUT2D eigenvalue weighted by atomic mass is 9.99. The van der Waals surface area contributed by atoms with Crippen molar-refractivity contribution in [2.24, 2.45) is 5.92 Å². The van der Waals surface area contributed by atoms with Gasteiger partial charge in [0, 0.05) is 51.4 Å². The zero-order valence-corrected chi connectivity index (χ0v) is 14.4. The van der Waals surface area contributed by atoms with Gasteiger partial charge in [-0.1, -0.05) is 30.3 Å². The van der Waals surface area contributed by atoms with Crippen LogP contribution in [0, 0.1) is 5.92 Å². The lowest BCUT2D eigenvalue weighted by Gasteiger charge is -2.29. The summed E-state index contributed by atoms with van der Waals surface area (Å²) in [6.45, 7) is 4.65. The fourth-order valence-corrected chi connectivity index (χ4v) is 3.51. The van der Waals surface area contributed by atoms with Crippen LogP contribution >= 0.6 is 0 Å². The third-order valence-electron chi connectivity index (χ3n) is 4.78. The van der Waals surface area contributed by atoms with Crippen LogP contribution in [0.3, 0.4) is 0 Å². The molecule has 2 aromatic heterocycles. The smallest absolute Gasteiger partial charge is 0.233 e. The number of aromatic nitrogens is 3. The first-order valence-electron chi connectivity index (χ1n) is 8.99. The van der Waals surface area contributed by atoms with Crippen LogP contribution in [0.2, 0.25) is 0 Å². The molecule has 5 heteroatoms. The minimum atomic E-state index is 0.701. The minimum absolute atomic E-state index is 0.701. The average Bonchev–Trinajstić information content (AvgIpc) is 3.05. The normalized spacial score (nSPS) is 15.9. The maximum Gasteiger partial charge on any atom is 0.233 e. The summed E-state index contributed by atoms with van der Waals surface area (Å²) in [5, 5.41) is 0. The number of nitrogens with zero attached hydrogens (tertiary/aromatic N) is 4. The zero-order chi connectivity index (χ0) is 16.9. The molecule has 0 saturated carbocycles. The van der Waals surface area contributed by atoms with Crippen LogP contribution in [-0.4, -0.2) is 39.0 Å². The quantitative estimate of drug-likeness (QED) is 0.693. The summed E-state index contributed by atoms with van der Waals surface area (Å²) in [6.07, 6.45) is 8.18. The van der Waals surface area contributed by atoms with Crippen molar-refractivity contribution in [2.75, 3.05) is 19.8 Å². The monoisotopic (exact) mass is 336 g/mol. The standard InChI is InChI=1S/C20H24N4O/c1-2-5-17(6-3-1)13-23(14-18-7-11-25-12-8-18)15-19-16-24-10-4-9-21-20(24)22-19/h1-6,9-10,16,18H,7-8,11-15H2. The van der Waals surface area contributed by atoms with E-state index < -0.39 is 0 Å². The Kier molecular flexibility index (Phi) is 5.04. The summed E-state index contributed by atoms with van der Waals surface area (Å²) in [6, 6.07) is 12.6. The van der Waals surface area contributed by atoms with E-state index in [1.54, 1.807) is 6.20 Å². The molecule has 1 aromatic carbocycles. The van der Waals surface area contributed by atoms with Gasteiger partial charge >= 0.3 is 0 Å². The highest BCUT2D eigenvalue weighted by Gasteiger charge is 2.19. The lowest BCUT2D eigenvalue weighted by Crippen LogP contribution is -2.32. The van der Waals surface area contributed by atoms with Gasteiger partial charge in [0.1, 0.15) is 0 Å². The van der Waals surface area contributed by atoms with Crippen LogP contribution in [0.25, 0.3) is 5.78 Å². The van der Waals surface area contributed by atoms with Gasteiger partial charge in [0.05, 0.1) is 5.69 Å². The molecule has 0 unspecified atom stereocenters. The average molecular weight is 336 g/mol. The second-order valence-corrected chi connectivity index (χ2v) is 6.77. The topological polar surface area (TPSA) is 42.7 Å². The molecule has 25 heavy (non-hydrogen) atoms. The van der Waals surface area contributed by atoms with Gasteiger partial charge in [0.25, 0.3) is 0 Å². The zero-order valence-electron chi connectivity index (χ0n) is 14.4. The number of imidazole rings is 1. The molecule has 1 saturated heterocycles. The molecule has 0 spiro atoms. The maximum absolute atomic E-state index is 5.52. The summed E-state index contributed by atoms with van der Waals surface area (Å²) >= 11 is 0. The minimum Gasteiger partial charge on any atom is -0.381 e. The van der Waals surface area contributed by atoms with Crippen LogP contribution in [0.4, 0.5) is 0 Å². The van der Waals surface area contributed by atoms with Crippen LogP contribution in [-0.2, 0) is 17.8 Å². The van der Waals surface area contributed by atoms with Crippen molar-refractivity contribution in [1.82, 2.24) is 19.3 Å². The van der Waals surface area contributed by atoms with Crippen LogP contribution < -0.4 is 0 Å². The molecule has 0 radical (unpaired) electrons. The molecular weight excluding hydrogens is 312 g/mol. The number of rotatable bonds is 6. The molecule has 0 N–H and O–H groups in total. The highest BCUT2D eigenvalue weighted by Crippen LogP contribution is 2.19. The number of hydrogen-bond donors (Lipinski definition) is 0. The molecule has 3 aromatic rings. The Morgan fingerprint density at radius 2 is 1.92 bits per heavy atom. The molecule has 1 aliphatic heterocycles. The number of benzene rings is 1. The van der Waals surface area contributed by atoms with E-state index in [0.717, 1.165) is 57.2 Å². The van der Waals surface area contributed by atoms with E-state index in [-0.39, 0.29) is 0 Å². The number of fused-ring (bicyclic) bond motifs is 1. The van der Waals surface area contributed by atoms with Gasteiger partial charge in [-0.05, 0) is 30.4 Å². The second-order valence-electron chi connectivity index (χ2n) is 6.77. The summed E-state index contributed by atoms with van der Waals surface area (Å²) < 4.78 is 7.51. The predicted molar refractivity (Wildman–Crippen MR) is 97.1 cm³/mol. The summed E-state index contributed by atoms with van der Waals surface area (Å²) in [5.74, 6) is 1.47. The predicted octanol–water partition coefficient (Wildman–Crippen LogP) is 3.16. The highest BCUT2D eigenvalue weighted by molar-refractivity contribution is 5.29. The van der Waals surface area contributed by atoms with Crippen LogP contribution in [0.1, 0.15) is 24.1 Å². The van der Waals surface area contributed by atoms with Gasteiger partial charge in [-0.3, -0.25) is 9.30 Å². The van der Waals surface area contributed by atoms with Gasteiger partial charge in [-0.25, -0.2) is 9.97 Å². The molecule has 5 nitrogen and oxygen atoms in total. The molecule has 130 valence electrons. The molecule has 0 aliphatic carbocycles. The summed E-state index contributed by atoms with van der Waals surface area (Å²) in [5.41, 5.74) is 2.41. The fraction of sp³-hybridized carbons (Fsp3) is 0.400. The molecule has 4 rings (SSSR count). The Morgan fingerprint density at radius 3 is 2.72 bits per heavy atom. The number of ether oxygens (including phenoxy) is 1. The van der Waals surface area contributed by atoms with Crippen molar-refractivity contribution in [3.05, 3.63) is 66.2 Å². The van der Waals surface area contributed by atoms with Crippen molar-refractivity contribution in [1.29, 1.82) is 0 Å². The van der Waals surface area contributed by atoms with Gasteiger partial charge < -0.3 is 4.74 Å². The van der Waals surface area contributed by atoms with Gasteiger partial charge in [0.15, 0.2) is 0 Å². The first-order chi connectivity index (χ1) is 12.4. The van der Waals surface area contributed by atoms with E-state index in [1.165, 1.54) is 5.56 Å². The van der Waals surface area contributed by atoms with Crippen molar-refractivity contribution < 1.29 is 4.74 Å². The van der Waals surface area contributed by atoms with Crippen molar-refractivity contribution in [2.45, 2.75) is 25.9 Å². The molecule has 1 aliphatic rings. The van der Waals surface area contributed by atoms with E-state index in [1.807, 2.05) is 16.7 Å². The molecule has 0 atom stereocenters. The third-order valence-corrected chi connectivity index (χ3v) is 4.78. The van der Waals surface area contributed by atoms with E-state index in [9.17, 15) is 0 Å². The lowest BCUT2D eigenvalue weighted by molar-refractivity contribution is 0.0500. The molecule has 3 heterocycles. The van der Waals surface area contributed by atoms with E-state index >= 15 is 0 Å². The molecule has 0 amide bonds. The molecular formula is C20H24N4O. The van der Waals surface area contributed by atoms with Crippen LogP contribution in [0.5, 0.6) is 0 Å². The SMILES string of the molecule is c1ccc(CN(Cc2cn3cccnc3n2)CC2CCOCC2)cc1. The van der Waals surface area contributed by atoms with Gasteiger partial charge in [-0.2, -0.15) is 0 Å². The van der Waals surface area contributed by atoms with Gasteiger partial charge in [-0.15, -0.1) is 0 Å². The molecule has 1 fully saturated rings. The molecule has 0 bridgehead atoms. The van der Waals surface area contributed by atoms with Crippen molar-refractivity contribution >= 4 is 5.78 Å². The van der Waals surface area contributed by atoms with Crippen molar-refractivity contribution in [3.8, 4) is 0 Å². The summed E-state index contributed by atoms with van der Waals surface area (Å²) in [7, 11) is 0. The third kappa shape index (κ3) is 4.24. The highest BCUT2D eigenvalue weighted by atomic mass is 16.5. The van der Waals surface area contributed by atoms with Gasteiger partial charge in [0.2, 0.25) is 5.78 Å². The maximum atomic E-state index is 5.52. The van der Waals surface area contributed by atoms with E-state index in [2.05, 4.69) is 51.4 Å². The second kappa shape index (κ2) is 7.76. The number of hydrogen-bond acceptors (Lipinski definition) is 4. The first-order valence-corrected chi connectivity index (χ1v) is 8.99. The Labute approximate surface area is 148 Å².